The topological polar surface area (TPSA) is 32.3 Å². The lowest BCUT2D eigenvalue weighted by Crippen LogP contribution is -2.45. The first-order chi connectivity index (χ1) is 6.79. The van der Waals surface area contributed by atoms with Crippen LogP contribution < -0.4 is 5.32 Å². The summed E-state index contributed by atoms with van der Waals surface area (Å²) >= 11 is 0. The summed E-state index contributed by atoms with van der Waals surface area (Å²) in [5.74, 6) is 0.315. The van der Waals surface area contributed by atoms with E-state index in [0.29, 0.717) is 18.4 Å². The smallest absolute Gasteiger partial charge is 0.222 e. The molecule has 0 aromatic heterocycles. The number of nitrogens with one attached hydrogen (secondary N) is 1. The minimum Gasteiger partial charge on any atom is -0.343 e. The molecule has 0 unspecified atom stereocenters. The van der Waals surface area contributed by atoms with Gasteiger partial charge >= 0.3 is 0 Å². The summed E-state index contributed by atoms with van der Waals surface area (Å²) in [5, 5.41) is 3.63. The Labute approximate surface area is 85.8 Å². The highest BCUT2D eigenvalue weighted by atomic mass is 16.2. The van der Waals surface area contributed by atoms with Gasteiger partial charge in [0.05, 0.1) is 0 Å². The molecule has 1 heterocycles. The minimum atomic E-state index is 0.315. The van der Waals surface area contributed by atoms with Gasteiger partial charge in [0.1, 0.15) is 0 Å². The Bertz CT molecular complexity index is 205. The molecule has 14 heavy (non-hydrogen) atoms. The number of amides is 1. The quantitative estimate of drug-likeness (QED) is 0.734. The van der Waals surface area contributed by atoms with Gasteiger partial charge in [-0.05, 0) is 25.7 Å². The van der Waals surface area contributed by atoms with E-state index in [-0.39, 0.29) is 0 Å². The molecule has 0 aromatic rings. The predicted octanol–water partition coefficient (Wildman–Crippen LogP) is 1.14. The fourth-order valence-electron chi connectivity index (χ4n) is 2.10. The summed E-state index contributed by atoms with van der Waals surface area (Å²) in [5.41, 5.74) is 0. The summed E-state index contributed by atoms with van der Waals surface area (Å²) in [7, 11) is 0. The maximum atomic E-state index is 11.4. The molecule has 1 aliphatic heterocycles. The molecule has 2 aliphatic rings. The Balaban J connectivity index is 1.71. The van der Waals surface area contributed by atoms with Crippen molar-refractivity contribution in [2.75, 3.05) is 13.1 Å². The fraction of sp³-hybridized carbons (Fsp3) is 0.909. The number of nitrogens with zero attached hydrogens (tertiary/aromatic N) is 1. The van der Waals surface area contributed by atoms with E-state index in [4.69, 9.17) is 0 Å². The molecule has 2 rings (SSSR count). The van der Waals surface area contributed by atoms with Crippen LogP contribution in [-0.4, -0.2) is 36.0 Å². The Kier molecular flexibility index (Phi) is 3.06. The monoisotopic (exact) mass is 196 g/mol. The lowest BCUT2D eigenvalue weighted by atomic mass is 10.0. The largest absolute Gasteiger partial charge is 0.343 e. The van der Waals surface area contributed by atoms with Crippen LogP contribution in [0.5, 0.6) is 0 Å². The third-order valence-electron chi connectivity index (χ3n) is 3.20. The van der Waals surface area contributed by atoms with Crippen molar-refractivity contribution >= 4 is 5.91 Å². The second-order valence-corrected chi connectivity index (χ2v) is 4.45. The number of carbonyl (C=O) groups is 1. The van der Waals surface area contributed by atoms with Gasteiger partial charge in [0.15, 0.2) is 0 Å². The summed E-state index contributed by atoms with van der Waals surface area (Å²) in [6.45, 7) is 3.85. The van der Waals surface area contributed by atoms with Gasteiger partial charge in [-0.25, -0.2) is 0 Å². The first-order valence-electron chi connectivity index (χ1n) is 5.83. The molecule has 0 bridgehead atoms. The van der Waals surface area contributed by atoms with E-state index in [0.717, 1.165) is 32.0 Å². The van der Waals surface area contributed by atoms with Crippen molar-refractivity contribution in [2.45, 2.75) is 51.1 Å². The zero-order valence-electron chi connectivity index (χ0n) is 8.96. The summed E-state index contributed by atoms with van der Waals surface area (Å²) < 4.78 is 0. The highest BCUT2D eigenvalue weighted by molar-refractivity contribution is 5.75. The Hall–Kier alpha value is -0.570. The van der Waals surface area contributed by atoms with Crippen molar-refractivity contribution in [1.29, 1.82) is 0 Å². The average Bonchev–Trinajstić information content (AvgIpc) is 3.02. The third kappa shape index (κ3) is 2.47. The van der Waals surface area contributed by atoms with Crippen LogP contribution in [0.3, 0.4) is 0 Å². The normalized spacial score (nSPS) is 23.9. The van der Waals surface area contributed by atoms with E-state index in [1.165, 1.54) is 12.8 Å². The van der Waals surface area contributed by atoms with Crippen LogP contribution in [0.15, 0.2) is 0 Å². The molecule has 1 aliphatic carbocycles. The molecule has 3 nitrogen and oxygen atoms in total. The van der Waals surface area contributed by atoms with Crippen molar-refractivity contribution in [3.8, 4) is 0 Å². The Morgan fingerprint density at radius 2 is 1.79 bits per heavy atom. The van der Waals surface area contributed by atoms with Gasteiger partial charge in [-0.1, -0.05) is 6.92 Å². The Morgan fingerprint density at radius 3 is 2.29 bits per heavy atom. The molecule has 0 spiro atoms. The predicted molar refractivity (Wildman–Crippen MR) is 56.1 cm³/mol. The van der Waals surface area contributed by atoms with Gasteiger partial charge in [-0.2, -0.15) is 0 Å². The highest BCUT2D eigenvalue weighted by Crippen LogP contribution is 2.22. The van der Waals surface area contributed by atoms with Crippen LogP contribution in [-0.2, 0) is 4.79 Å². The van der Waals surface area contributed by atoms with Crippen LogP contribution in [0.2, 0.25) is 0 Å². The van der Waals surface area contributed by atoms with Crippen LogP contribution in [0, 0.1) is 0 Å². The second kappa shape index (κ2) is 4.30. The number of likely N-dealkylation sites (tertiary alicyclic amines) is 1. The number of carbonyl (C=O) groups excluding carboxylic acids is 1. The maximum Gasteiger partial charge on any atom is 0.222 e. The first kappa shape index (κ1) is 9.97. The Morgan fingerprint density at radius 1 is 1.21 bits per heavy atom. The molecular formula is C11H20N2O. The lowest BCUT2D eigenvalue weighted by Gasteiger charge is -2.32. The summed E-state index contributed by atoms with van der Waals surface area (Å²) in [6.07, 6.45) is 5.65. The molecule has 80 valence electrons. The van der Waals surface area contributed by atoms with E-state index in [1.54, 1.807) is 0 Å². The minimum absolute atomic E-state index is 0.315. The number of rotatable bonds is 3. The molecule has 0 radical (unpaired) electrons. The average molecular weight is 196 g/mol. The lowest BCUT2D eigenvalue weighted by molar-refractivity contribution is -0.131. The van der Waals surface area contributed by atoms with Gasteiger partial charge in [0.2, 0.25) is 5.91 Å². The van der Waals surface area contributed by atoms with Crippen molar-refractivity contribution < 1.29 is 4.79 Å². The maximum absolute atomic E-state index is 11.4. The van der Waals surface area contributed by atoms with E-state index < -0.39 is 0 Å². The molecule has 1 saturated carbocycles. The molecule has 1 saturated heterocycles. The van der Waals surface area contributed by atoms with Gasteiger partial charge < -0.3 is 10.2 Å². The fourth-order valence-corrected chi connectivity index (χ4v) is 2.10. The van der Waals surface area contributed by atoms with E-state index >= 15 is 0 Å². The molecule has 0 atom stereocenters. The first-order valence-corrected chi connectivity index (χ1v) is 5.83. The van der Waals surface area contributed by atoms with E-state index in [2.05, 4.69) is 5.32 Å². The molecule has 2 fully saturated rings. The van der Waals surface area contributed by atoms with Gasteiger partial charge in [-0.3, -0.25) is 4.79 Å². The number of hydrogen-bond donors (Lipinski definition) is 1. The van der Waals surface area contributed by atoms with Crippen molar-refractivity contribution in [3.63, 3.8) is 0 Å². The van der Waals surface area contributed by atoms with Crippen molar-refractivity contribution in [3.05, 3.63) is 0 Å². The van der Waals surface area contributed by atoms with Crippen molar-refractivity contribution in [2.24, 2.45) is 0 Å². The van der Waals surface area contributed by atoms with Crippen LogP contribution in [0.4, 0.5) is 0 Å². The summed E-state index contributed by atoms with van der Waals surface area (Å²) in [4.78, 5) is 13.4. The van der Waals surface area contributed by atoms with E-state index in [9.17, 15) is 4.79 Å². The van der Waals surface area contributed by atoms with Crippen LogP contribution in [0.25, 0.3) is 0 Å². The molecule has 1 N–H and O–H groups in total. The molecule has 0 aromatic carbocycles. The second-order valence-electron chi connectivity index (χ2n) is 4.45. The number of piperidine rings is 1. The highest BCUT2D eigenvalue weighted by Gasteiger charge is 2.27. The third-order valence-corrected chi connectivity index (χ3v) is 3.20. The zero-order valence-corrected chi connectivity index (χ0v) is 8.96. The zero-order chi connectivity index (χ0) is 9.97. The summed E-state index contributed by atoms with van der Waals surface area (Å²) in [6, 6.07) is 1.47. The van der Waals surface area contributed by atoms with Gasteiger partial charge in [-0.15, -0.1) is 0 Å². The standard InChI is InChI=1S/C11H20N2O/c1-2-11(14)13-7-5-10(6-8-13)12-9-3-4-9/h9-10,12H,2-8H2,1H3. The molecule has 1 amide bonds. The van der Waals surface area contributed by atoms with Gasteiger partial charge in [0, 0.05) is 31.6 Å². The van der Waals surface area contributed by atoms with E-state index in [1.807, 2.05) is 11.8 Å². The SMILES string of the molecule is CCC(=O)N1CCC(NC2CC2)CC1. The van der Waals surface area contributed by atoms with Crippen LogP contribution >= 0.6 is 0 Å². The van der Waals surface area contributed by atoms with Gasteiger partial charge in [0.25, 0.3) is 0 Å². The number of hydrogen-bond acceptors (Lipinski definition) is 2. The van der Waals surface area contributed by atoms with Crippen molar-refractivity contribution in [1.82, 2.24) is 10.2 Å². The molecule has 3 heteroatoms. The molecular weight excluding hydrogens is 176 g/mol. The van der Waals surface area contributed by atoms with Crippen LogP contribution in [0.1, 0.15) is 39.0 Å².